The van der Waals surface area contributed by atoms with Crippen molar-refractivity contribution in [2.24, 2.45) is 5.92 Å². The summed E-state index contributed by atoms with van der Waals surface area (Å²) in [5.74, 6) is 1.05. The van der Waals surface area contributed by atoms with Crippen LogP contribution < -0.4 is 0 Å². The molecule has 1 fully saturated rings. The molecular formula is C18H37N. The van der Waals surface area contributed by atoms with Gasteiger partial charge in [-0.05, 0) is 25.0 Å². The van der Waals surface area contributed by atoms with Crippen molar-refractivity contribution in [3.63, 3.8) is 0 Å². The molecule has 114 valence electrons. The maximum Gasteiger partial charge on any atom is 0.0372 e. The minimum absolute atomic E-state index is 1.05. The molecule has 0 N–H and O–H groups in total. The molecular weight excluding hydrogens is 230 g/mol. The van der Waals surface area contributed by atoms with E-state index in [4.69, 9.17) is 0 Å². The van der Waals surface area contributed by atoms with E-state index in [2.05, 4.69) is 11.9 Å². The fourth-order valence-electron chi connectivity index (χ4n) is 1.58. The second-order valence-electron chi connectivity index (χ2n) is 3.86. The number of aromatic nitrogens is 1. The Bertz CT molecular complexity index is 212. The van der Waals surface area contributed by atoms with Crippen molar-refractivity contribution in [1.29, 1.82) is 0 Å². The first-order valence-corrected chi connectivity index (χ1v) is 8.16. The average Bonchev–Trinajstić information content (AvgIpc) is 2.98. The van der Waals surface area contributed by atoms with Gasteiger partial charge < -0.3 is 0 Å². The van der Waals surface area contributed by atoms with Gasteiger partial charge in [0.2, 0.25) is 0 Å². The summed E-state index contributed by atoms with van der Waals surface area (Å²) in [6.45, 7) is 16.3. The fourth-order valence-corrected chi connectivity index (χ4v) is 1.58. The Balaban J connectivity index is -0.000000195. The van der Waals surface area contributed by atoms with Gasteiger partial charge in [0.1, 0.15) is 0 Å². The van der Waals surface area contributed by atoms with Crippen molar-refractivity contribution in [3.8, 4) is 0 Å². The van der Waals surface area contributed by atoms with Crippen LogP contribution in [0.25, 0.3) is 0 Å². The highest BCUT2D eigenvalue weighted by atomic mass is 14.6. The van der Waals surface area contributed by atoms with Gasteiger partial charge in [-0.15, -0.1) is 0 Å². The third-order valence-electron chi connectivity index (χ3n) is 2.46. The number of aryl methyl sites for hydroxylation is 1. The Kier molecular flexibility index (Phi) is 27.3. The number of hydrogen-bond donors (Lipinski definition) is 0. The first-order chi connectivity index (χ1) is 9.29. The van der Waals surface area contributed by atoms with Crippen LogP contribution in [0, 0.1) is 12.8 Å². The van der Waals surface area contributed by atoms with Gasteiger partial charge in [-0.2, -0.15) is 0 Å². The molecule has 0 spiro atoms. The molecule has 1 heteroatoms. The largest absolute Gasteiger partial charge is 0.262 e. The molecule has 1 aromatic rings. The van der Waals surface area contributed by atoms with Crippen LogP contribution in [-0.4, -0.2) is 4.98 Å². The predicted molar refractivity (Wildman–Crippen MR) is 90.7 cm³/mol. The molecule has 0 bridgehead atoms. The van der Waals surface area contributed by atoms with Crippen molar-refractivity contribution in [2.75, 3.05) is 0 Å². The van der Waals surface area contributed by atoms with E-state index in [1.54, 1.807) is 6.20 Å². The standard InChI is InChI=1S/C6H7N.C6H12.3C2H6/c1-6-4-2-3-5-7-6;1-6-4-2-3-5-6;3*1-2/h2-5H,1H3;6H,2-5H2,1H3;3*1-2H3. The Hall–Kier alpha value is -0.850. The third kappa shape index (κ3) is 19.7. The summed E-state index contributed by atoms with van der Waals surface area (Å²) in [6.07, 6.45) is 7.73. The zero-order chi connectivity index (χ0) is 15.5. The maximum absolute atomic E-state index is 3.98. The van der Waals surface area contributed by atoms with Crippen LogP contribution in [-0.2, 0) is 0 Å². The fraction of sp³-hybridized carbons (Fsp3) is 0.722. The molecule has 0 aromatic carbocycles. The van der Waals surface area contributed by atoms with E-state index in [0.717, 1.165) is 11.6 Å². The molecule has 0 unspecified atom stereocenters. The molecule has 1 saturated carbocycles. The zero-order valence-corrected chi connectivity index (χ0v) is 14.7. The SMILES string of the molecule is CC.CC.CC.CC1CCCC1.Cc1ccccn1. The van der Waals surface area contributed by atoms with Crippen LogP contribution in [0.4, 0.5) is 0 Å². The molecule has 0 aliphatic heterocycles. The number of hydrogen-bond acceptors (Lipinski definition) is 1. The van der Waals surface area contributed by atoms with Crippen LogP contribution in [0.5, 0.6) is 0 Å². The number of pyridine rings is 1. The molecule has 1 aliphatic carbocycles. The minimum atomic E-state index is 1.05. The summed E-state index contributed by atoms with van der Waals surface area (Å²) in [5, 5.41) is 0. The first kappa shape index (κ1) is 23.3. The first-order valence-electron chi connectivity index (χ1n) is 8.16. The summed E-state index contributed by atoms with van der Waals surface area (Å²) < 4.78 is 0. The molecule has 19 heavy (non-hydrogen) atoms. The van der Waals surface area contributed by atoms with Crippen LogP contribution in [0.15, 0.2) is 24.4 Å². The predicted octanol–water partition coefficient (Wildman–Crippen LogP) is 6.67. The van der Waals surface area contributed by atoms with E-state index in [1.165, 1.54) is 25.7 Å². The highest BCUT2D eigenvalue weighted by Crippen LogP contribution is 2.22. The number of rotatable bonds is 0. The summed E-state index contributed by atoms with van der Waals surface area (Å²) in [6, 6.07) is 5.86. The molecule has 1 aliphatic rings. The van der Waals surface area contributed by atoms with E-state index in [1.807, 2.05) is 66.7 Å². The normalized spacial score (nSPS) is 12.2. The summed E-state index contributed by atoms with van der Waals surface area (Å²) in [7, 11) is 0. The van der Waals surface area contributed by atoms with E-state index in [9.17, 15) is 0 Å². The summed E-state index contributed by atoms with van der Waals surface area (Å²) in [4.78, 5) is 3.98. The van der Waals surface area contributed by atoms with E-state index in [0.29, 0.717) is 0 Å². The Morgan fingerprint density at radius 2 is 1.37 bits per heavy atom. The Morgan fingerprint density at radius 3 is 1.53 bits per heavy atom. The highest BCUT2D eigenvalue weighted by molar-refractivity contribution is 4.99. The highest BCUT2D eigenvalue weighted by Gasteiger charge is 2.07. The van der Waals surface area contributed by atoms with Crippen molar-refractivity contribution in [2.45, 2.75) is 81.1 Å². The lowest BCUT2D eigenvalue weighted by Crippen LogP contribution is -1.78. The molecule has 1 aromatic heterocycles. The summed E-state index contributed by atoms with van der Waals surface area (Å²) >= 11 is 0. The van der Waals surface area contributed by atoms with Gasteiger partial charge >= 0.3 is 0 Å². The van der Waals surface area contributed by atoms with Crippen LogP contribution >= 0.6 is 0 Å². The zero-order valence-electron chi connectivity index (χ0n) is 14.7. The van der Waals surface area contributed by atoms with Crippen molar-refractivity contribution in [1.82, 2.24) is 4.98 Å². The summed E-state index contributed by atoms with van der Waals surface area (Å²) in [5.41, 5.74) is 1.07. The van der Waals surface area contributed by atoms with E-state index < -0.39 is 0 Å². The second-order valence-corrected chi connectivity index (χ2v) is 3.86. The Labute approximate surface area is 122 Å². The number of nitrogens with zero attached hydrogens (tertiary/aromatic N) is 1. The van der Waals surface area contributed by atoms with Crippen LogP contribution in [0.3, 0.4) is 0 Å². The van der Waals surface area contributed by atoms with Crippen molar-refractivity contribution < 1.29 is 0 Å². The smallest absolute Gasteiger partial charge is 0.0372 e. The second kappa shape index (κ2) is 22.3. The Morgan fingerprint density at radius 1 is 0.895 bits per heavy atom. The van der Waals surface area contributed by atoms with E-state index in [-0.39, 0.29) is 0 Å². The van der Waals surface area contributed by atoms with Crippen LogP contribution in [0.1, 0.15) is 79.8 Å². The van der Waals surface area contributed by atoms with Gasteiger partial charge in [0.25, 0.3) is 0 Å². The average molecular weight is 268 g/mol. The van der Waals surface area contributed by atoms with E-state index >= 15 is 0 Å². The molecule has 1 nitrogen and oxygen atoms in total. The van der Waals surface area contributed by atoms with Crippen molar-refractivity contribution in [3.05, 3.63) is 30.1 Å². The van der Waals surface area contributed by atoms with Gasteiger partial charge in [0, 0.05) is 11.9 Å². The lowest BCUT2D eigenvalue weighted by atomic mass is 10.2. The molecule has 2 rings (SSSR count). The quantitative estimate of drug-likeness (QED) is 0.512. The van der Waals surface area contributed by atoms with Crippen molar-refractivity contribution >= 4 is 0 Å². The lowest BCUT2D eigenvalue weighted by Gasteiger charge is -1.91. The molecule has 0 radical (unpaired) electrons. The lowest BCUT2D eigenvalue weighted by molar-refractivity contribution is 0.612. The topological polar surface area (TPSA) is 12.9 Å². The molecule has 0 amide bonds. The van der Waals surface area contributed by atoms with Gasteiger partial charge in [-0.1, -0.05) is 80.2 Å². The van der Waals surface area contributed by atoms with Gasteiger partial charge in [-0.25, -0.2) is 0 Å². The minimum Gasteiger partial charge on any atom is -0.262 e. The van der Waals surface area contributed by atoms with Gasteiger partial charge in [0.05, 0.1) is 0 Å². The molecule has 0 atom stereocenters. The third-order valence-corrected chi connectivity index (χ3v) is 2.46. The molecule has 0 saturated heterocycles. The van der Waals surface area contributed by atoms with Gasteiger partial charge in [0.15, 0.2) is 0 Å². The van der Waals surface area contributed by atoms with Gasteiger partial charge in [-0.3, -0.25) is 4.98 Å². The maximum atomic E-state index is 3.98. The monoisotopic (exact) mass is 267 g/mol. The van der Waals surface area contributed by atoms with Crippen LogP contribution in [0.2, 0.25) is 0 Å². The molecule has 1 heterocycles.